The van der Waals surface area contributed by atoms with Gasteiger partial charge in [-0.25, -0.2) is 4.98 Å². The van der Waals surface area contributed by atoms with E-state index in [1.165, 1.54) is 0 Å². The van der Waals surface area contributed by atoms with Crippen molar-refractivity contribution >= 4 is 39.7 Å². The van der Waals surface area contributed by atoms with Gasteiger partial charge < -0.3 is 20.9 Å². The van der Waals surface area contributed by atoms with E-state index in [1.54, 1.807) is 13.1 Å². The summed E-state index contributed by atoms with van der Waals surface area (Å²) in [7, 11) is 1.86. The number of hydrogen-bond acceptors (Lipinski definition) is 7. The molecule has 0 bridgehead atoms. The van der Waals surface area contributed by atoms with E-state index in [1.807, 2.05) is 37.5 Å². The van der Waals surface area contributed by atoms with Gasteiger partial charge >= 0.3 is 0 Å². The zero-order valence-corrected chi connectivity index (χ0v) is 19.1. The molecule has 1 aliphatic rings. The number of fused-ring (bicyclic) bond motifs is 2. The predicted molar refractivity (Wildman–Crippen MR) is 130 cm³/mol. The molecule has 4 aromatic rings. The molecule has 9 heteroatoms. The Bertz CT molecular complexity index is 1320. The molecular weight excluding hydrogens is 416 g/mol. The van der Waals surface area contributed by atoms with Crippen LogP contribution in [0.1, 0.15) is 39.5 Å². The quantitative estimate of drug-likeness (QED) is 0.369. The first-order valence-electron chi connectivity index (χ1n) is 11.3. The summed E-state index contributed by atoms with van der Waals surface area (Å²) in [6.07, 6.45) is 7.41. The summed E-state index contributed by atoms with van der Waals surface area (Å²) in [5.41, 5.74) is 4.10. The molecule has 4 N–H and O–H groups in total. The highest BCUT2D eigenvalue weighted by Crippen LogP contribution is 2.34. The summed E-state index contributed by atoms with van der Waals surface area (Å²) in [6, 6.07) is 8.05. The summed E-state index contributed by atoms with van der Waals surface area (Å²) in [5, 5.41) is 10.7. The van der Waals surface area contributed by atoms with Gasteiger partial charge in [-0.3, -0.25) is 9.78 Å². The minimum absolute atomic E-state index is 0.0241. The van der Waals surface area contributed by atoms with Gasteiger partial charge in [-0.05, 0) is 56.9 Å². The second kappa shape index (κ2) is 8.31. The average molecular weight is 445 g/mol. The Balaban J connectivity index is 1.41. The maximum Gasteiger partial charge on any atom is 0.226 e. The molecule has 5 rings (SSSR count). The lowest BCUT2D eigenvalue weighted by Crippen LogP contribution is -2.49. The van der Waals surface area contributed by atoms with E-state index in [0.717, 1.165) is 64.8 Å². The Morgan fingerprint density at radius 1 is 1.12 bits per heavy atom. The van der Waals surface area contributed by atoms with E-state index in [4.69, 9.17) is 15.0 Å². The molecule has 4 heterocycles. The van der Waals surface area contributed by atoms with Crippen LogP contribution in [0.3, 0.4) is 0 Å². The van der Waals surface area contributed by atoms with Gasteiger partial charge in [-0.1, -0.05) is 0 Å². The van der Waals surface area contributed by atoms with Gasteiger partial charge in [0.2, 0.25) is 11.9 Å². The maximum atomic E-state index is 11.5. The van der Waals surface area contributed by atoms with Crippen LogP contribution in [0.15, 0.2) is 36.7 Å². The number of aromatic amines is 1. The summed E-state index contributed by atoms with van der Waals surface area (Å²) < 4.78 is 0. The molecule has 1 saturated carbocycles. The highest BCUT2D eigenvalue weighted by molar-refractivity contribution is 6.01. The van der Waals surface area contributed by atoms with Gasteiger partial charge in [-0.2, -0.15) is 9.97 Å². The molecule has 0 aromatic carbocycles. The zero-order chi connectivity index (χ0) is 23.0. The molecule has 0 aliphatic heterocycles. The Morgan fingerprint density at radius 2 is 1.94 bits per heavy atom. The van der Waals surface area contributed by atoms with Crippen LogP contribution in [-0.4, -0.2) is 49.5 Å². The fraction of sp³-hybridized carbons (Fsp3) is 0.375. The Morgan fingerprint density at radius 3 is 2.70 bits per heavy atom. The van der Waals surface area contributed by atoms with E-state index < -0.39 is 0 Å². The van der Waals surface area contributed by atoms with Crippen LogP contribution in [-0.2, 0) is 4.79 Å². The smallest absolute Gasteiger partial charge is 0.226 e. The fourth-order valence-electron chi connectivity index (χ4n) is 4.72. The maximum absolute atomic E-state index is 11.5. The third-order valence-electron chi connectivity index (χ3n) is 6.40. The van der Waals surface area contributed by atoms with Crippen LogP contribution in [0.4, 0.5) is 11.8 Å². The van der Waals surface area contributed by atoms with Crippen LogP contribution in [0, 0.1) is 0 Å². The van der Waals surface area contributed by atoms with Crippen LogP contribution >= 0.6 is 0 Å². The van der Waals surface area contributed by atoms with Crippen molar-refractivity contribution in [3.63, 3.8) is 0 Å². The zero-order valence-electron chi connectivity index (χ0n) is 19.1. The third kappa shape index (κ3) is 4.18. The fourth-order valence-corrected chi connectivity index (χ4v) is 4.72. The molecule has 0 saturated heterocycles. The van der Waals surface area contributed by atoms with Crippen molar-refractivity contribution in [3.05, 3.63) is 36.7 Å². The Kier molecular flexibility index (Phi) is 5.32. The highest BCUT2D eigenvalue weighted by Gasteiger charge is 2.32. The minimum atomic E-state index is -0.137. The molecule has 170 valence electrons. The second-order valence-corrected chi connectivity index (χ2v) is 8.97. The van der Waals surface area contributed by atoms with Gasteiger partial charge in [0.25, 0.3) is 0 Å². The largest absolute Gasteiger partial charge is 0.372 e. The standard InChI is InChI=1S/C24H28N8O/c1-14(33)32-24(2)10-8-15(9-11-24)28-23-30-21(25-3)20-16(13-27-22(20)31-23)17-6-7-18-19(29-17)5-4-12-26-18/h4-7,12-13,15H,8-11H2,1-3H3,(H,32,33)(H3,25,27,28,30,31)/t15-,24+. The lowest BCUT2D eigenvalue weighted by Gasteiger charge is -2.38. The van der Waals surface area contributed by atoms with Gasteiger partial charge in [0, 0.05) is 43.5 Å². The van der Waals surface area contributed by atoms with Crippen LogP contribution in [0.2, 0.25) is 0 Å². The minimum Gasteiger partial charge on any atom is -0.372 e. The number of hydrogen-bond donors (Lipinski definition) is 4. The van der Waals surface area contributed by atoms with E-state index in [9.17, 15) is 4.79 Å². The van der Waals surface area contributed by atoms with Gasteiger partial charge in [-0.15, -0.1) is 0 Å². The molecule has 0 spiro atoms. The molecule has 1 amide bonds. The van der Waals surface area contributed by atoms with Crippen molar-refractivity contribution in [2.75, 3.05) is 17.7 Å². The van der Waals surface area contributed by atoms with Crippen molar-refractivity contribution in [1.82, 2.24) is 30.2 Å². The van der Waals surface area contributed by atoms with E-state index in [0.29, 0.717) is 5.95 Å². The Hall–Kier alpha value is -3.75. The molecule has 4 aromatic heterocycles. The number of carbonyl (C=O) groups is 1. The van der Waals surface area contributed by atoms with Gasteiger partial charge in [0.1, 0.15) is 11.5 Å². The van der Waals surface area contributed by atoms with Crippen LogP contribution < -0.4 is 16.0 Å². The summed E-state index contributed by atoms with van der Waals surface area (Å²) in [6.45, 7) is 3.69. The van der Waals surface area contributed by atoms with Gasteiger partial charge in [0.15, 0.2) is 0 Å². The Labute approximate surface area is 191 Å². The molecule has 1 fully saturated rings. The van der Waals surface area contributed by atoms with Crippen molar-refractivity contribution in [3.8, 4) is 11.3 Å². The van der Waals surface area contributed by atoms with Crippen molar-refractivity contribution < 1.29 is 4.79 Å². The lowest BCUT2D eigenvalue weighted by atomic mass is 9.81. The second-order valence-electron chi connectivity index (χ2n) is 8.97. The van der Waals surface area contributed by atoms with Crippen molar-refractivity contribution in [2.45, 2.75) is 51.1 Å². The number of nitrogens with one attached hydrogen (secondary N) is 4. The third-order valence-corrected chi connectivity index (χ3v) is 6.40. The SMILES string of the molecule is CNc1nc(N[C@H]2CC[C@@](C)(NC(C)=O)CC2)nc2[nH]cc(-c3ccc4ncccc4n3)c12. The molecule has 9 nitrogen and oxygen atoms in total. The summed E-state index contributed by atoms with van der Waals surface area (Å²) in [4.78, 5) is 33.4. The van der Waals surface area contributed by atoms with Gasteiger partial charge in [0.05, 0.1) is 22.1 Å². The first kappa shape index (κ1) is 21.1. The molecule has 1 aliphatic carbocycles. The first-order valence-corrected chi connectivity index (χ1v) is 11.3. The molecular formula is C24H28N8O. The van der Waals surface area contributed by atoms with Crippen LogP contribution in [0.5, 0.6) is 0 Å². The molecule has 33 heavy (non-hydrogen) atoms. The highest BCUT2D eigenvalue weighted by atomic mass is 16.1. The average Bonchev–Trinajstić information content (AvgIpc) is 3.23. The lowest BCUT2D eigenvalue weighted by molar-refractivity contribution is -0.121. The topological polar surface area (TPSA) is 121 Å². The molecule has 0 unspecified atom stereocenters. The monoisotopic (exact) mass is 444 g/mol. The predicted octanol–water partition coefficient (Wildman–Crippen LogP) is 3.86. The molecule has 0 radical (unpaired) electrons. The number of H-pyrrole nitrogens is 1. The number of anilines is 2. The van der Waals surface area contributed by atoms with Crippen molar-refractivity contribution in [1.29, 1.82) is 0 Å². The summed E-state index contributed by atoms with van der Waals surface area (Å²) >= 11 is 0. The number of carbonyl (C=O) groups excluding carboxylic acids is 1. The van der Waals surface area contributed by atoms with E-state index >= 15 is 0 Å². The first-order chi connectivity index (χ1) is 15.9. The van der Waals surface area contributed by atoms with Crippen LogP contribution in [0.25, 0.3) is 33.3 Å². The number of pyridine rings is 2. The molecule has 0 atom stereocenters. The number of aromatic nitrogens is 5. The summed E-state index contributed by atoms with van der Waals surface area (Å²) in [5.74, 6) is 1.35. The number of amides is 1. The van der Waals surface area contributed by atoms with E-state index in [2.05, 4.69) is 32.8 Å². The number of rotatable bonds is 5. The number of nitrogens with zero attached hydrogens (tertiary/aromatic N) is 4. The normalized spacial score (nSPS) is 20.6. The van der Waals surface area contributed by atoms with Crippen molar-refractivity contribution in [2.24, 2.45) is 0 Å². The van der Waals surface area contributed by atoms with E-state index in [-0.39, 0.29) is 17.5 Å².